The van der Waals surface area contributed by atoms with E-state index in [9.17, 15) is 40.9 Å². The number of fused-ring (bicyclic) bond motifs is 4. The van der Waals surface area contributed by atoms with Crippen molar-refractivity contribution in [2.24, 2.45) is 50.2 Å². The molecule has 3 aliphatic heterocycles. The van der Waals surface area contributed by atoms with E-state index in [1.165, 1.54) is 0 Å². The molecule has 1 spiro atoms. The van der Waals surface area contributed by atoms with Crippen LogP contribution in [0.25, 0.3) is 0 Å². The lowest BCUT2D eigenvalue weighted by Gasteiger charge is -2.73. The Morgan fingerprint density at radius 1 is 0.727 bits per heavy atom. The molecule has 8 aliphatic rings. The van der Waals surface area contributed by atoms with Crippen LogP contribution in [0.2, 0.25) is 0 Å². The molecule has 13 nitrogen and oxygen atoms in total. The highest BCUT2D eigenvalue weighted by Crippen LogP contribution is 2.79. The van der Waals surface area contributed by atoms with E-state index >= 15 is 0 Å². The zero-order valence-electron chi connectivity index (χ0n) is 33.7. The van der Waals surface area contributed by atoms with Crippen LogP contribution < -0.4 is 0 Å². The normalized spacial score (nSPS) is 59.7. The second-order valence-corrected chi connectivity index (χ2v) is 21.0. The van der Waals surface area contributed by atoms with Gasteiger partial charge in [0, 0.05) is 22.2 Å². The topological polar surface area (TPSA) is 208 Å². The molecule has 0 amide bonds. The highest BCUT2D eigenvalue weighted by Gasteiger charge is 2.79. The Labute approximate surface area is 325 Å². The van der Waals surface area contributed by atoms with Gasteiger partial charge in [-0.1, -0.05) is 53.7 Å². The Morgan fingerprint density at radius 3 is 2.13 bits per heavy atom. The second-order valence-electron chi connectivity index (χ2n) is 21.0. The minimum atomic E-state index is -1.72. The Morgan fingerprint density at radius 2 is 1.44 bits per heavy atom. The van der Waals surface area contributed by atoms with Gasteiger partial charge in [-0.3, -0.25) is 0 Å². The summed E-state index contributed by atoms with van der Waals surface area (Å²) in [5, 5.41) is 87.0. The molecule has 5 aliphatic carbocycles. The summed E-state index contributed by atoms with van der Waals surface area (Å²) in [6.45, 7) is 15.4. The smallest absolute Gasteiger partial charge is 0.187 e. The van der Waals surface area contributed by atoms with Crippen molar-refractivity contribution >= 4 is 0 Å². The highest BCUT2D eigenvalue weighted by atomic mass is 16.7. The van der Waals surface area contributed by atoms with Gasteiger partial charge in [-0.2, -0.15) is 0 Å². The molecule has 3 saturated heterocycles. The molecule has 0 radical (unpaired) electrons. The fourth-order valence-electron chi connectivity index (χ4n) is 14.3. The molecule has 0 aromatic carbocycles. The van der Waals surface area contributed by atoms with Crippen LogP contribution in [0.5, 0.6) is 0 Å². The van der Waals surface area contributed by atoms with Gasteiger partial charge in [0.2, 0.25) is 0 Å². The second kappa shape index (κ2) is 13.4. The van der Waals surface area contributed by atoms with Gasteiger partial charge in [0.25, 0.3) is 0 Å². The van der Waals surface area contributed by atoms with Crippen molar-refractivity contribution < 1.29 is 64.5 Å². The van der Waals surface area contributed by atoms with E-state index in [1.807, 2.05) is 0 Å². The van der Waals surface area contributed by atoms with Crippen molar-refractivity contribution in [1.29, 1.82) is 0 Å². The SMILES string of the molecule is C[C@H]1O[C@@H](O[C@H]2CC[C@@]3(C)[C@@H](CC[C@]4(C)[C@@H]3C=CC35OCC6(CCC(C)(C)C[C@H]63)[C@@H](O)C[C@]54C)[C@]2(C)CO)[C@H](O)[C@@H](O[C@@H]2O[C@H](CO)[C@@H](O)[C@H](O)[C@H]2O)[C@H]1O. The van der Waals surface area contributed by atoms with Crippen molar-refractivity contribution in [3.63, 3.8) is 0 Å². The molecule has 7 fully saturated rings. The standard InChI is InChI=1S/C42H68O13/c1-21-28(46)33(55-34-31(49)30(48)29(47)22(18-43)53-34)32(50)35(52-21)54-27-10-11-37(4)23(38(27,5)19-44)8-12-39(6)24(37)9-13-42-25-16-36(2,3)14-15-41(25,20-51-42)26(45)17-40(39,42)7/h9,13,21-35,43-50H,8,10-12,14-20H2,1-7H3/t21-,22-,23-,24-,25-,26+,27+,28+,29-,30+,31-,32-,33+,34+,35+,37+,38+,39-,40+,41?,42?/m1/s1. The Kier molecular flexibility index (Phi) is 9.95. The summed E-state index contributed by atoms with van der Waals surface area (Å²) in [6, 6.07) is 0. The predicted octanol–water partition coefficient (Wildman–Crippen LogP) is 1.78. The maximum absolute atomic E-state index is 12.1. The van der Waals surface area contributed by atoms with Gasteiger partial charge in [-0.15, -0.1) is 0 Å². The molecule has 8 rings (SSSR count). The first-order valence-electron chi connectivity index (χ1n) is 20.9. The summed E-state index contributed by atoms with van der Waals surface area (Å²) in [6.07, 6.45) is -3.39. The van der Waals surface area contributed by atoms with Crippen molar-refractivity contribution in [1.82, 2.24) is 0 Å². The lowest BCUT2D eigenvalue weighted by molar-refractivity contribution is -0.367. The van der Waals surface area contributed by atoms with E-state index < -0.39 is 91.2 Å². The summed E-state index contributed by atoms with van der Waals surface area (Å²) in [5.41, 5.74) is -1.90. The first-order chi connectivity index (χ1) is 25.7. The number of rotatable bonds is 6. The number of ether oxygens (including phenoxy) is 5. The third kappa shape index (κ3) is 5.44. The van der Waals surface area contributed by atoms with Crippen LogP contribution in [0.4, 0.5) is 0 Å². The van der Waals surface area contributed by atoms with E-state index in [0.717, 1.165) is 38.5 Å². The van der Waals surface area contributed by atoms with Gasteiger partial charge in [0.15, 0.2) is 12.6 Å². The average molecular weight is 781 g/mol. The fourth-order valence-corrected chi connectivity index (χ4v) is 14.3. The van der Waals surface area contributed by atoms with Crippen LogP contribution in [0, 0.1) is 50.2 Å². The van der Waals surface area contributed by atoms with Crippen molar-refractivity contribution in [2.75, 3.05) is 19.8 Å². The molecule has 8 N–H and O–H groups in total. The molecule has 55 heavy (non-hydrogen) atoms. The third-order valence-electron chi connectivity index (χ3n) is 17.9. The monoisotopic (exact) mass is 780 g/mol. The van der Waals surface area contributed by atoms with Crippen molar-refractivity contribution in [2.45, 2.75) is 179 Å². The fraction of sp³-hybridized carbons (Fsp3) is 0.952. The van der Waals surface area contributed by atoms with Crippen LogP contribution in [-0.4, -0.2) is 140 Å². The van der Waals surface area contributed by atoms with Gasteiger partial charge < -0.3 is 64.5 Å². The van der Waals surface area contributed by atoms with Crippen LogP contribution >= 0.6 is 0 Å². The highest BCUT2D eigenvalue weighted by molar-refractivity contribution is 5.36. The molecule has 314 valence electrons. The molecule has 0 aromatic rings. The number of allylic oxidation sites excluding steroid dienone is 1. The molecule has 4 saturated carbocycles. The maximum Gasteiger partial charge on any atom is 0.187 e. The van der Waals surface area contributed by atoms with Gasteiger partial charge in [0.05, 0.1) is 43.7 Å². The van der Waals surface area contributed by atoms with Gasteiger partial charge in [-0.25, -0.2) is 0 Å². The van der Waals surface area contributed by atoms with Crippen LogP contribution in [0.15, 0.2) is 12.2 Å². The number of aliphatic hydroxyl groups is 8. The summed E-state index contributed by atoms with van der Waals surface area (Å²) in [5.74, 6) is 0.449. The first-order valence-corrected chi connectivity index (χ1v) is 20.9. The molecule has 0 aromatic heterocycles. The minimum absolute atomic E-state index is 0.0414. The Hall–Kier alpha value is -0.780. The zero-order chi connectivity index (χ0) is 39.9. The zero-order valence-corrected chi connectivity index (χ0v) is 33.7. The van der Waals surface area contributed by atoms with E-state index in [0.29, 0.717) is 19.4 Å². The molecular formula is C42H68O13. The van der Waals surface area contributed by atoms with Crippen LogP contribution in [-0.2, 0) is 23.7 Å². The largest absolute Gasteiger partial charge is 0.396 e. The van der Waals surface area contributed by atoms with Crippen LogP contribution in [0.3, 0.4) is 0 Å². The van der Waals surface area contributed by atoms with Gasteiger partial charge in [-0.05, 0) is 86.4 Å². The summed E-state index contributed by atoms with van der Waals surface area (Å²) in [7, 11) is 0. The van der Waals surface area contributed by atoms with Gasteiger partial charge in [0.1, 0.15) is 42.7 Å². The number of aliphatic hydroxyl groups excluding tert-OH is 8. The van der Waals surface area contributed by atoms with Gasteiger partial charge >= 0.3 is 0 Å². The quantitative estimate of drug-likeness (QED) is 0.143. The van der Waals surface area contributed by atoms with E-state index in [1.54, 1.807) is 6.92 Å². The Bertz CT molecular complexity index is 1490. The summed E-state index contributed by atoms with van der Waals surface area (Å²) in [4.78, 5) is 0. The predicted molar refractivity (Wildman–Crippen MR) is 197 cm³/mol. The lowest BCUT2D eigenvalue weighted by atomic mass is 9.32. The van der Waals surface area contributed by atoms with Crippen molar-refractivity contribution in [3.8, 4) is 0 Å². The molecule has 3 heterocycles. The lowest BCUT2D eigenvalue weighted by Crippen LogP contribution is -2.72. The van der Waals surface area contributed by atoms with Crippen LogP contribution in [0.1, 0.15) is 99.8 Å². The Balaban J connectivity index is 1.05. The molecule has 2 bridgehead atoms. The van der Waals surface area contributed by atoms with Crippen molar-refractivity contribution in [3.05, 3.63) is 12.2 Å². The summed E-state index contributed by atoms with van der Waals surface area (Å²) < 4.78 is 31.2. The van der Waals surface area contributed by atoms with E-state index in [2.05, 4.69) is 53.7 Å². The van der Waals surface area contributed by atoms with E-state index in [-0.39, 0.29) is 51.4 Å². The molecule has 21 atom stereocenters. The number of hydrogen-bond donors (Lipinski definition) is 8. The average Bonchev–Trinajstić information content (AvgIpc) is 3.41. The molecule has 2 unspecified atom stereocenters. The summed E-state index contributed by atoms with van der Waals surface area (Å²) >= 11 is 0. The van der Waals surface area contributed by atoms with E-state index in [4.69, 9.17) is 23.7 Å². The molecular weight excluding hydrogens is 712 g/mol. The number of hydrogen-bond acceptors (Lipinski definition) is 13. The first kappa shape index (κ1) is 41.0. The molecule has 13 heteroatoms. The third-order valence-corrected chi connectivity index (χ3v) is 17.9. The maximum atomic E-state index is 12.1. The minimum Gasteiger partial charge on any atom is -0.396 e.